The number of alkyl halides is 3. The molecule has 18 heavy (non-hydrogen) atoms. The van der Waals surface area contributed by atoms with Crippen molar-refractivity contribution in [3.63, 3.8) is 0 Å². The minimum absolute atomic E-state index is 0.553. The zero-order valence-electron chi connectivity index (χ0n) is 11.4. The highest BCUT2D eigenvalue weighted by Crippen LogP contribution is 2.21. The summed E-state index contributed by atoms with van der Waals surface area (Å²) in [7, 11) is 0. The fourth-order valence-corrected chi connectivity index (χ4v) is 2.45. The van der Waals surface area contributed by atoms with E-state index in [1.54, 1.807) is 0 Å². The Balaban J connectivity index is 3.25. The van der Waals surface area contributed by atoms with Crippen molar-refractivity contribution in [3.8, 4) is 0 Å². The molecule has 0 aromatic carbocycles. The normalized spacial score (nSPS) is 15.0. The van der Waals surface area contributed by atoms with Gasteiger partial charge in [-0.25, -0.2) is 0 Å². The maximum Gasteiger partial charge on any atom is 0.126 e. The van der Waals surface area contributed by atoms with Crippen LogP contribution in [-0.2, 0) is 0 Å². The summed E-state index contributed by atoms with van der Waals surface area (Å²) >= 11 is 17.1. The summed E-state index contributed by atoms with van der Waals surface area (Å²) in [5, 5.41) is 9.13. The van der Waals surface area contributed by atoms with E-state index in [1.807, 2.05) is 0 Å². The van der Waals surface area contributed by atoms with Crippen molar-refractivity contribution in [1.82, 2.24) is 0 Å². The Morgan fingerprint density at radius 1 is 0.778 bits per heavy atom. The van der Waals surface area contributed by atoms with Crippen LogP contribution in [0.5, 0.6) is 0 Å². The van der Waals surface area contributed by atoms with Crippen molar-refractivity contribution in [2.75, 3.05) is 0 Å². The minimum Gasteiger partial charge on any atom is -0.391 e. The Labute approximate surface area is 127 Å². The molecule has 2 atom stereocenters. The van der Waals surface area contributed by atoms with E-state index >= 15 is 0 Å². The van der Waals surface area contributed by atoms with E-state index in [0.717, 1.165) is 12.8 Å². The molecule has 1 nitrogen and oxygen atoms in total. The number of aliphatic hydroxyl groups is 1. The summed E-state index contributed by atoms with van der Waals surface area (Å²) in [4.78, 5) is -0.694. The maximum absolute atomic E-state index is 9.69. The van der Waals surface area contributed by atoms with Crippen molar-refractivity contribution < 1.29 is 5.11 Å². The highest BCUT2D eigenvalue weighted by molar-refractivity contribution is 6.48. The van der Waals surface area contributed by atoms with Gasteiger partial charge in [0.25, 0.3) is 0 Å². The van der Waals surface area contributed by atoms with Gasteiger partial charge in [-0.3, -0.25) is 0 Å². The zero-order valence-corrected chi connectivity index (χ0v) is 13.7. The second-order valence-corrected chi connectivity index (χ2v) is 6.63. The average Bonchev–Trinajstić information content (AvgIpc) is 2.35. The summed E-state index contributed by atoms with van der Waals surface area (Å²) in [5.41, 5.74) is 0. The molecule has 0 aromatic rings. The topological polar surface area (TPSA) is 20.2 Å². The Hall–Kier alpha value is 0.830. The van der Waals surface area contributed by atoms with Gasteiger partial charge in [-0.15, -0.1) is 34.8 Å². The molecular formula is C14H27Cl3O. The van der Waals surface area contributed by atoms with Gasteiger partial charge < -0.3 is 5.11 Å². The zero-order chi connectivity index (χ0) is 13.8. The predicted molar refractivity (Wildman–Crippen MR) is 83.0 cm³/mol. The maximum atomic E-state index is 9.69. The van der Waals surface area contributed by atoms with Crippen molar-refractivity contribution in [3.05, 3.63) is 0 Å². The number of aliphatic hydroxyl groups excluding tert-OH is 1. The second kappa shape index (κ2) is 12.8. The van der Waals surface area contributed by atoms with Crippen molar-refractivity contribution in [2.24, 2.45) is 0 Å². The summed E-state index contributed by atoms with van der Waals surface area (Å²) in [5.74, 6) is 0. The van der Waals surface area contributed by atoms with Gasteiger partial charge in [0.15, 0.2) is 0 Å². The van der Waals surface area contributed by atoms with Crippen molar-refractivity contribution in [1.29, 1.82) is 0 Å². The third-order valence-corrected chi connectivity index (χ3v) is 4.56. The lowest BCUT2D eigenvalue weighted by Gasteiger charge is -2.17. The lowest BCUT2D eigenvalue weighted by Crippen LogP contribution is -2.26. The van der Waals surface area contributed by atoms with Gasteiger partial charge in [-0.1, -0.05) is 64.7 Å². The van der Waals surface area contributed by atoms with E-state index in [4.69, 9.17) is 34.8 Å². The minimum atomic E-state index is -0.694. The van der Waals surface area contributed by atoms with Crippen LogP contribution >= 0.6 is 34.8 Å². The molecule has 0 heterocycles. The van der Waals surface area contributed by atoms with Gasteiger partial charge in [0.05, 0.1) is 11.5 Å². The molecule has 0 aliphatic carbocycles. The van der Waals surface area contributed by atoms with Crippen LogP contribution in [0.25, 0.3) is 0 Å². The van der Waals surface area contributed by atoms with Crippen LogP contribution in [0.15, 0.2) is 0 Å². The van der Waals surface area contributed by atoms with Gasteiger partial charge in [0, 0.05) is 0 Å². The van der Waals surface area contributed by atoms with Crippen LogP contribution in [0.3, 0.4) is 0 Å². The molecule has 4 heteroatoms. The quantitative estimate of drug-likeness (QED) is 0.363. The standard InChI is InChI=1S/C14H27Cl3O/c1-2-3-4-5-6-7-8-9-10-11-12(18)13(15)14(16)17/h12-14,18H,2-11H2,1H3. The van der Waals surface area contributed by atoms with Gasteiger partial charge >= 0.3 is 0 Å². The molecule has 0 spiro atoms. The van der Waals surface area contributed by atoms with Crippen LogP contribution < -0.4 is 0 Å². The largest absolute Gasteiger partial charge is 0.391 e. The third-order valence-electron chi connectivity index (χ3n) is 3.21. The molecule has 0 aliphatic heterocycles. The molecule has 0 rings (SSSR count). The Kier molecular flexibility index (Phi) is 13.4. The Morgan fingerprint density at radius 2 is 1.22 bits per heavy atom. The molecule has 2 unspecified atom stereocenters. The molecule has 0 amide bonds. The Bertz CT molecular complexity index is 176. The fraction of sp³-hybridized carbons (Fsp3) is 1.00. The third kappa shape index (κ3) is 10.7. The highest BCUT2D eigenvalue weighted by atomic mass is 35.5. The van der Waals surface area contributed by atoms with Crippen LogP contribution in [-0.4, -0.2) is 21.4 Å². The first-order valence-corrected chi connectivity index (χ1v) is 8.50. The van der Waals surface area contributed by atoms with E-state index in [2.05, 4.69) is 6.92 Å². The SMILES string of the molecule is CCCCCCCCCCCC(O)C(Cl)C(Cl)Cl. The van der Waals surface area contributed by atoms with E-state index < -0.39 is 16.3 Å². The summed E-state index contributed by atoms with van der Waals surface area (Å²) < 4.78 is 0. The molecular weight excluding hydrogens is 291 g/mol. The van der Waals surface area contributed by atoms with E-state index in [-0.39, 0.29) is 0 Å². The Morgan fingerprint density at radius 3 is 1.67 bits per heavy atom. The van der Waals surface area contributed by atoms with E-state index in [0.29, 0.717) is 6.42 Å². The van der Waals surface area contributed by atoms with E-state index in [1.165, 1.54) is 44.9 Å². The lowest BCUT2D eigenvalue weighted by atomic mass is 10.0. The summed E-state index contributed by atoms with van der Waals surface area (Å²) in [6.07, 6.45) is 11.6. The smallest absolute Gasteiger partial charge is 0.126 e. The number of halogens is 3. The number of hydrogen-bond acceptors (Lipinski definition) is 1. The lowest BCUT2D eigenvalue weighted by molar-refractivity contribution is 0.158. The van der Waals surface area contributed by atoms with Gasteiger partial charge in [-0.2, -0.15) is 0 Å². The molecule has 0 saturated carbocycles. The predicted octanol–water partition coefficient (Wildman–Crippen LogP) is 5.68. The van der Waals surface area contributed by atoms with Gasteiger partial charge in [0.1, 0.15) is 4.84 Å². The second-order valence-electron chi connectivity index (χ2n) is 4.96. The van der Waals surface area contributed by atoms with E-state index in [9.17, 15) is 5.11 Å². The van der Waals surface area contributed by atoms with Crippen molar-refractivity contribution in [2.45, 2.75) is 87.4 Å². The van der Waals surface area contributed by atoms with Gasteiger partial charge in [0.2, 0.25) is 0 Å². The fourth-order valence-electron chi connectivity index (χ4n) is 1.99. The average molecular weight is 318 g/mol. The van der Waals surface area contributed by atoms with Crippen molar-refractivity contribution >= 4 is 34.8 Å². The first-order chi connectivity index (χ1) is 8.59. The molecule has 0 saturated heterocycles. The summed E-state index contributed by atoms with van der Waals surface area (Å²) in [6.45, 7) is 2.24. The number of hydrogen-bond donors (Lipinski definition) is 1. The van der Waals surface area contributed by atoms with Gasteiger partial charge in [-0.05, 0) is 6.42 Å². The van der Waals surface area contributed by atoms with Crippen LogP contribution in [0.4, 0.5) is 0 Å². The van der Waals surface area contributed by atoms with Crippen LogP contribution in [0.1, 0.15) is 71.1 Å². The molecule has 0 fully saturated rings. The molecule has 0 aliphatic rings. The molecule has 110 valence electrons. The summed E-state index contributed by atoms with van der Waals surface area (Å²) in [6, 6.07) is 0. The first kappa shape index (κ1) is 18.8. The molecule has 1 N–H and O–H groups in total. The van der Waals surface area contributed by atoms with Crippen LogP contribution in [0, 0.1) is 0 Å². The molecule has 0 bridgehead atoms. The first-order valence-electron chi connectivity index (χ1n) is 7.19. The number of rotatable bonds is 12. The highest BCUT2D eigenvalue weighted by Gasteiger charge is 2.22. The molecule has 0 aromatic heterocycles. The number of unbranched alkanes of at least 4 members (excludes halogenated alkanes) is 8. The monoisotopic (exact) mass is 316 g/mol. The van der Waals surface area contributed by atoms with Crippen LogP contribution in [0.2, 0.25) is 0 Å². The molecule has 0 radical (unpaired) electrons.